The number of aromatic nitrogens is 1. The Hall–Kier alpha value is -1.55. The summed E-state index contributed by atoms with van der Waals surface area (Å²) in [6, 6.07) is 5.98. The summed E-state index contributed by atoms with van der Waals surface area (Å²) in [7, 11) is 0. The van der Waals surface area contributed by atoms with Gasteiger partial charge in [-0.15, -0.1) is 0 Å². The van der Waals surface area contributed by atoms with Crippen LogP contribution < -0.4 is 10.1 Å². The van der Waals surface area contributed by atoms with E-state index in [1.54, 1.807) is 0 Å². The normalized spacial score (nSPS) is 17.2. The molecule has 1 aliphatic rings. The van der Waals surface area contributed by atoms with Gasteiger partial charge in [-0.1, -0.05) is 5.16 Å². The van der Waals surface area contributed by atoms with E-state index >= 15 is 0 Å². The summed E-state index contributed by atoms with van der Waals surface area (Å²) < 4.78 is 10.9. The molecule has 96 valence electrons. The van der Waals surface area contributed by atoms with Gasteiger partial charge in [0.1, 0.15) is 5.75 Å². The monoisotopic (exact) mass is 246 g/mol. The highest BCUT2D eigenvalue weighted by atomic mass is 16.5. The van der Waals surface area contributed by atoms with Crippen LogP contribution in [0, 0.1) is 0 Å². The quantitative estimate of drug-likeness (QED) is 0.904. The fourth-order valence-electron chi connectivity index (χ4n) is 2.58. The maximum atomic E-state index is 5.47. The van der Waals surface area contributed by atoms with Crippen molar-refractivity contribution in [2.24, 2.45) is 0 Å². The number of nitrogens with one attached hydrogen (secondary N) is 1. The van der Waals surface area contributed by atoms with Crippen molar-refractivity contribution in [1.82, 2.24) is 10.5 Å². The van der Waals surface area contributed by atoms with Crippen LogP contribution in [0.15, 0.2) is 22.7 Å². The first kappa shape index (κ1) is 11.5. The fraction of sp³-hybridized carbons (Fsp3) is 0.500. The molecule has 1 aromatic carbocycles. The van der Waals surface area contributed by atoms with E-state index in [0.29, 0.717) is 12.5 Å². The van der Waals surface area contributed by atoms with Crippen LogP contribution in [0.25, 0.3) is 11.0 Å². The van der Waals surface area contributed by atoms with Gasteiger partial charge in [0.25, 0.3) is 0 Å². The van der Waals surface area contributed by atoms with Crippen molar-refractivity contribution in [3.8, 4) is 5.75 Å². The standard InChI is InChI=1S/C14H18N2O2/c1-2-17-11-3-4-12-13(9-11)18-16-14(12)10-5-7-15-8-6-10/h3-4,9-10,15H,2,5-8H2,1H3. The van der Waals surface area contributed by atoms with Gasteiger partial charge in [0.15, 0.2) is 5.58 Å². The zero-order chi connectivity index (χ0) is 12.4. The van der Waals surface area contributed by atoms with Crippen LogP contribution in [0.2, 0.25) is 0 Å². The zero-order valence-electron chi connectivity index (χ0n) is 10.6. The summed E-state index contributed by atoms with van der Waals surface area (Å²) in [5, 5.41) is 8.76. The third kappa shape index (κ3) is 2.08. The number of nitrogens with zero attached hydrogens (tertiary/aromatic N) is 1. The minimum Gasteiger partial charge on any atom is -0.494 e. The van der Waals surface area contributed by atoms with Gasteiger partial charge in [-0.3, -0.25) is 0 Å². The van der Waals surface area contributed by atoms with Crippen LogP contribution in [-0.4, -0.2) is 24.9 Å². The molecule has 4 heteroatoms. The molecule has 0 bridgehead atoms. The van der Waals surface area contributed by atoms with Gasteiger partial charge in [-0.2, -0.15) is 0 Å². The number of hydrogen-bond donors (Lipinski definition) is 1. The van der Waals surface area contributed by atoms with E-state index in [1.807, 2.05) is 19.1 Å². The molecule has 1 aromatic heterocycles. The van der Waals surface area contributed by atoms with Crippen LogP contribution in [0.3, 0.4) is 0 Å². The Morgan fingerprint density at radius 1 is 1.39 bits per heavy atom. The predicted molar refractivity (Wildman–Crippen MR) is 70.0 cm³/mol. The minimum absolute atomic E-state index is 0.519. The Morgan fingerprint density at radius 2 is 2.22 bits per heavy atom. The molecule has 0 aliphatic carbocycles. The molecule has 0 saturated carbocycles. The Balaban J connectivity index is 1.93. The Morgan fingerprint density at radius 3 is 3.00 bits per heavy atom. The average Bonchev–Trinajstić information content (AvgIpc) is 2.83. The zero-order valence-corrected chi connectivity index (χ0v) is 10.6. The number of rotatable bonds is 3. The molecule has 1 fully saturated rings. The number of hydrogen-bond acceptors (Lipinski definition) is 4. The average molecular weight is 246 g/mol. The highest BCUT2D eigenvalue weighted by Gasteiger charge is 2.21. The van der Waals surface area contributed by atoms with Gasteiger partial charge in [-0.25, -0.2) is 0 Å². The van der Waals surface area contributed by atoms with Crippen molar-refractivity contribution in [2.75, 3.05) is 19.7 Å². The number of fused-ring (bicyclic) bond motifs is 1. The molecule has 1 saturated heterocycles. The lowest BCUT2D eigenvalue weighted by atomic mass is 9.92. The lowest BCUT2D eigenvalue weighted by molar-refractivity contribution is 0.339. The van der Waals surface area contributed by atoms with Crippen molar-refractivity contribution in [3.63, 3.8) is 0 Å². The highest BCUT2D eigenvalue weighted by molar-refractivity contribution is 5.81. The summed E-state index contributed by atoms with van der Waals surface area (Å²) in [4.78, 5) is 0. The Labute approximate surface area is 106 Å². The maximum Gasteiger partial charge on any atom is 0.170 e. The largest absolute Gasteiger partial charge is 0.494 e. The van der Waals surface area contributed by atoms with E-state index in [-0.39, 0.29) is 0 Å². The molecular formula is C14H18N2O2. The Kier molecular flexibility index (Phi) is 3.19. The van der Waals surface area contributed by atoms with Crippen molar-refractivity contribution >= 4 is 11.0 Å². The van der Waals surface area contributed by atoms with Crippen molar-refractivity contribution in [3.05, 3.63) is 23.9 Å². The van der Waals surface area contributed by atoms with E-state index in [4.69, 9.17) is 9.26 Å². The topological polar surface area (TPSA) is 47.3 Å². The SMILES string of the molecule is CCOc1ccc2c(C3CCNCC3)noc2c1. The summed E-state index contributed by atoms with van der Waals surface area (Å²) in [5.74, 6) is 1.36. The molecule has 0 amide bonds. The molecule has 0 unspecified atom stereocenters. The molecule has 1 N–H and O–H groups in total. The van der Waals surface area contributed by atoms with Gasteiger partial charge < -0.3 is 14.6 Å². The van der Waals surface area contributed by atoms with Crippen molar-refractivity contribution in [1.29, 1.82) is 0 Å². The molecule has 3 rings (SSSR count). The smallest absolute Gasteiger partial charge is 0.170 e. The van der Waals surface area contributed by atoms with E-state index in [9.17, 15) is 0 Å². The molecule has 4 nitrogen and oxygen atoms in total. The van der Waals surface area contributed by atoms with E-state index in [1.165, 1.54) is 0 Å². The van der Waals surface area contributed by atoms with E-state index in [0.717, 1.165) is 48.3 Å². The fourth-order valence-corrected chi connectivity index (χ4v) is 2.58. The van der Waals surface area contributed by atoms with Gasteiger partial charge in [0.05, 0.1) is 12.3 Å². The van der Waals surface area contributed by atoms with E-state index in [2.05, 4.69) is 16.5 Å². The van der Waals surface area contributed by atoms with Gasteiger partial charge >= 0.3 is 0 Å². The minimum atomic E-state index is 0.519. The second-order valence-corrected chi connectivity index (χ2v) is 4.68. The molecule has 18 heavy (non-hydrogen) atoms. The molecule has 0 radical (unpaired) electrons. The van der Waals surface area contributed by atoms with Gasteiger partial charge in [-0.05, 0) is 45.0 Å². The molecule has 2 aromatic rings. The first-order chi connectivity index (χ1) is 8.88. The van der Waals surface area contributed by atoms with Crippen LogP contribution in [0.4, 0.5) is 0 Å². The third-order valence-corrected chi connectivity index (χ3v) is 3.51. The molecule has 0 atom stereocenters. The second kappa shape index (κ2) is 4.98. The van der Waals surface area contributed by atoms with Gasteiger partial charge in [0.2, 0.25) is 0 Å². The maximum absolute atomic E-state index is 5.47. The predicted octanol–water partition coefficient (Wildman–Crippen LogP) is 2.69. The van der Waals surface area contributed by atoms with Crippen molar-refractivity contribution < 1.29 is 9.26 Å². The van der Waals surface area contributed by atoms with Crippen molar-refractivity contribution in [2.45, 2.75) is 25.7 Å². The number of piperidine rings is 1. The van der Waals surface area contributed by atoms with Gasteiger partial charge in [0, 0.05) is 17.4 Å². The summed E-state index contributed by atoms with van der Waals surface area (Å²) >= 11 is 0. The first-order valence-corrected chi connectivity index (χ1v) is 6.61. The summed E-state index contributed by atoms with van der Waals surface area (Å²) in [5.41, 5.74) is 1.93. The lowest BCUT2D eigenvalue weighted by Gasteiger charge is -2.20. The van der Waals surface area contributed by atoms with Crippen LogP contribution >= 0.6 is 0 Å². The second-order valence-electron chi connectivity index (χ2n) is 4.68. The van der Waals surface area contributed by atoms with E-state index < -0.39 is 0 Å². The summed E-state index contributed by atoms with van der Waals surface area (Å²) in [6.07, 6.45) is 2.27. The molecule has 0 spiro atoms. The molecule has 1 aliphatic heterocycles. The van der Waals surface area contributed by atoms with Crippen LogP contribution in [0.1, 0.15) is 31.4 Å². The first-order valence-electron chi connectivity index (χ1n) is 6.61. The highest BCUT2D eigenvalue weighted by Crippen LogP contribution is 2.32. The van der Waals surface area contributed by atoms with Crippen LogP contribution in [-0.2, 0) is 0 Å². The third-order valence-electron chi connectivity index (χ3n) is 3.51. The molecular weight excluding hydrogens is 228 g/mol. The summed E-state index contributed by atoms with van der Waals surface area (Å²) in [6.45, 7) is 4.78. The number of benzene rings is 1. The molecule has 2 heterocycles. The number of ether oxygens (including phenoxy) is 1. The lowest BCUT2D eigenvalue weighted by Crippen LogP contribution is -2.26. The Bertz CT molecular complexity index is 530. The van der Waals surface area contributed by atoms with Crippen LogP contribution in [0.5, 0.6) is 5.75 Å².